The smallest absolute Gasteiger partial charge is 0.264 e. The molecule has 33 heavy (non-hydrogen) atoms. The number of nitrogens with one attached hydrogen (secondary N) is 2. The fourth-order valence-electron chi connectivity index (χ4n) is 4.07. The number of thiophene rings is 1. The number of nitrogens with zero attached hydrogens (tertiary/aromatic N) is 2. The molecular formula is C23H26N4O5S. The third kappa shape index (κ3) is 5.00. The third-order valence-electron chi connectivity index (χ3n) is 5.90. The highest BCUT2D eigenvalue weighted by molar-refractivity contribution is 7.12. The van der Waals surface area contributed by atoms with Gasteiger partial charge in [0.15, 0.2) is 0 Å². The number of hydrogen-bond donors (Lipinski definition) is 2. The minimum atomic E-state index is -0.910. The van der Waals surface area contributed by atoms with Gasteiger partial charge in [-0.1, -0.05) is 6.07 Å². The molecule has 2 saturated heterocycles. The third-order valence-corrected chi connectivity index (χ3v) is 6.76. The molecule has 2 atom stereocenters. The largest absolute Gasteiger partial charge is 0.497 e. The van der Waals surface area contributed by atoms with Crippen LogP contribution in [0.25, 0.3) is 0 Å². The number of hydrogen-bond acceptors (Lipinski definition) is 6. The summed E-state index contributed by atoms with van der Waals surface area (Å²) in [5.41, 5.74) is 0.419. The molecule has 9 nitrogen and oxygen atoms in total. The molecule has 0 radical (unpaired) electrons. The van der Waals surface area contributed by atoms with Gasteiger partial charge in [0.2, 0.25) is 11.8 Å². The maximum absolute atomic E-state index is 13.3. The Kier molecular flexibility index (Phi) is 6.93. The van der Waals surface area contributed by atoms with Crippen molar-refractivity contribution in [3.05, 3.63) is 52.2 Å². The van der Waals surface area contributed by atoms with Gasteiger partial charge in [-0.15, -0.1) is 11.3 Å². The fourth-order valence-corrected chi connectivity index (χ4v) is 4.76. The Morgan fingerprint density at radius 3 is 2.58 bits per heavy atom. The second-order valence-electron chi connectivity index (χ2n) is 7.97. The second kappa shape index (κ2) is 10.0. The van der Waals surface area contributed by atoms with Crippen molar-refractivity contribution in [3.8, 4) is 5.75 Å². The Morgan fingerprint density at radius 2 is 1.91 bits per heavy atom. The van der Waals surface area contributed by atoms with Crippen LogP contribution in [0.4, 0.5) is 0 Å². The molecule has 0 aliphatic carbocycles. The SMILES string of the molecule is COc1ccc(C(=O)N2CCN(C(=O)c3cccs3)C[C@@H]2C(=O)N[C@H]2CCCNC2=O)cc1. The van der Waals surface area contributed by atoms with E-state index in [2.05, 4.69) is 10.6 Å². The lowest BCUT2D eigenvalue weighted by atomic mass is 10.0. The standard InChI is InChI=1S/C23H26N4O5S/c1-32-16-8-6-15(7-9-16)22(30)27-12-11-26(23(31)19-5-3-13-33-19)14-18(27)21(29)25-17-4-2-10-24-20(17)28/h3,5-9,13,17-18H,2,4,10-12,14H2,1H3,(H,24,28)(H,25,29)/t17-,18+/m0/s1. The van der Waals surface area contributed by atoms with Gasteiger partial charge in [-0.05, 0) is 48.6 Å². The maximum atomic E-state index is 13.3. The highest BCUT2D eigenvalue weighted by Gasteiger charge is 2.39. The topological polar surface area (TPSA) is 108 Å². The molecule has 0 saturated carbocycles. The molecule has 174 valence electrons. The molecule has 0 bridgehead atoms. The van der Waals surface area contributed by atoms with Crippen LogP contribution in [0.2, 0.25) is 0 Å². The van der Waals surface area contributed by atoms with Gasteiger partial charge < -0.3 is 25.2 Å². The maximum Gasteiger partial charge on any atom is 0.264 e. The molecular weight excluding hydrogens is 444 g/mol. The molecule has 1 aromatic heterocycles. The van der Waals surface area contributed by atoms with Crippen molar-refractivity contribution in [1.29, 1.82) is 0 Å². The minimum Gasteiger partial charge on any atom is -0.497 e. The Balaban J connectivity index is 1.55. The van der Waals surface area contributed by atoms with Crippen LogP contribution in [0.1, 0.15) is 32.9 Å². The van der Waals surface area contributed by atoms with E-state index in [1.807, 2.05) is 5.38 Å². The minimum absolute atomic E-state index is 0.0544. The van der Waals surface area contributed by atoms with Crippen molar-refractivity contribution < 1.29 is 23.9 Å². The van der Waals surface area contributed by atoms with E-state index in [0.717, 1.165) is 6.42 Å². The summed E-state index contributed by atoms with van der Waals surface area (Å²) in [5.74, 6) is -0.535. The first-order chi connectivity index (χ1) is 16.0. The molecule has 2 aliphatic heterocycles. The summed E-state index contributed by atoms with van der Waals surface area (Å²) in [6.07, 6.45) is 1.30. The molecule has 2 aliphatic rings. The zero-order chi connectivity index (χ0) is 23.4. The van der Waals surface area contributed by atoms with E-state index in [4.69, 9.17) is 4.74 Å². The van der Waals surface area contributed by atoms with Crippen molar-refractivity contribution in [3.63, 3.8) is 0 Å². The molecule has 4 rings (SSSR count). The van der Waals surface area contributed by atoms with Gasteiger partial charge >= 0.3 is 0 Å². The Hall–Kier alpha value is -3.40. The van der Waals surface area contributed by atoms with Crippen LogP contribution in [0.15, 0.2) is 41.8 Å². The van der Waals surface area contributed by atoms with E-state index in [0.29, 0.717) is 35.7 Å². The van der Waals surface area contributed by atoms with E-state index in [1.54, 1.807) is 48.4 Å². The van der Waals surface area contributed by atoms with Crippen molar-refractivity contribution in [2.75, 3.05) is 33.3 Å². The van der Waals surface area contributed by atoms with Crippen molar-refractivity contribution in [1.82, 2.24) is 20.4 Å². The van der Waals surface area contributed by atoms with Gasteiger partial charge in [-0.2, -0.15) is 0 Å². The number of amides is 4. The summed E-state index contributed by atoms with van der Waals surface area (Å²) < 4.78 is 5.15. The average Bonchev–Trinajstić information content (AvgIpc) is 3.39. The van der Waals surface area contributed by atoms with Crippen LogP contribution >= 0.6 is 11.3 Å². The number of rotatable bonds is 5. The molecule has 4 amide bonds. The van der Waals surface area contributed by atoms with Crippen LogP contribution in [0.3, 0.4) is 0 Å². The van der Waals surface area contributed by atoms with Crippen LogP contribution in [-0.4, -0.2) is 78.8 Å². The number of benzene rings is 1. The lowest BCUT2D eigenvalue weighted by Gasteiger charge is -2.41. The van der Waals surface area contributed by atoms with Crippen LogP contribution < -0.4 is 15.4 Å². The quantitative estimate of drug-likeness (QED) is 0.681. The van der Waals surface area contributed by atoms with Crippen LogP contribution in [0.5, 0.6) is 5.75 Å². The number of piperidine rings is 1. The summed E-state index contributed by atoms with van der Waals surface area (Å²) in [6, 6.07) is 8.65. The Morgan fingerprint density at radius 1 is 1.12 bits per heavy atom. The monoisotopic (exact) mass is 470 g/mol. The lowest BCUT2D eigenvalue weighted by molar-refractivity contribution is -0.133. The molecule has 0 spiro atoms. The van der Waals surface area contributed by atoms with Crippen molar-refractivity contribution in [2.45, 2.75) is 24.9 Å². The molecule has 3 heterocycles. The van der Waals surface area contributed by atoms with Gasteiger partial charge in [-0.25, -0.2) is 0 Å². The molecule has 0 unspecified atom stereocenters. The number of methoxy groups -OCH3 is 1. The molecule has 1 aromatic carbocycles. The first-order valence-electron chi connectivity index (χ1n) is 10.8. The van der Waals surface area contributed by atoms with E-state index < -0.39 is 18.0 Å². The predicted octanol–water partition coefficient (Wildman–Crippen LogP) is 1.12. The first kappa shape index (κ1) is 22.8. The molecule has 2 fully saturated rings. The van der Waals surface area contributed by atoms with E-state index >= 15 is 0 Å². The van der Waals surface area contributed by atoms with Crippen LogP contribution in [-0.2, 0) is 9.59 Å². The van der Waals surface area contributed by atoms with Gasteiger partial charge in [0.1, 0.15) is 17.8 Å². The van der Waals surface area contributed by atoms with Crippen molar-refractivity contribution >= 4 is 35.0 Å². The summed E-state index contributed by atoms with van der Waals surface area (Å²) in [5, 5.41) is 7.36. The van der Waals surface area contributed by atoms with Gasteiger partial charge in [0.05, 0.1) is 18.5 Å². The Labute approximate surface area is 195 Å². The molecule has 2 N–H and O–H groups in total. The average molecular weight is 471 g/mol. The molecule has 10 heteroatoms. The highest BCUT2D eigenvalue weighted by Crippen LogP contribution is 2.20. The van der Waals surface area contributed by atoms with E-state index in [1.165, 1.54) is 16.2 Å². The lowest BCUT2D eigenvalue weighted by Crippen LogP contribution is -2.63. The fraction of sp³-hybridized carbons (Fsp3) is 0.391. The number of carbonyl (C=O) groups excluding carboxylic acids is 4. The number of carbonyl (C=O) groups is 4. The molecule has 2 aromatic rings. The van der Waals surface area contributed by atoms with Gasteiger partial charge in [0.25, 0.3) is 11.8 Å². The first-order valence-corrected chi connectivity index (χ1v) is 11.7. The van der Waals surface area contributed by atoms with E-state index in [9.17, 15) is 19.2 Å². The van der Waals surface area contributed by atoms with Crippen LogP contribution in [0, 0.1) is 0 Å². The Bertz CT molecular complexity index is 1020. The summed E-state index contributed by atoms with van der Waals surface area (Å²) in [6.45, 7) is 1.15. The number of ether oxygens (including phenoxy) is 1. The zero-order valence-electron chi connectivity index (χ0n) is 18.3. The van der Waals surface area contributed by atoms with Crippen molar-refractivity contribution in [2.24, 2.45) is 0 Å². The van der Waals surface area contributed by atoms with Gasteiger partial charge in [-0.3, -0.25) is 19.2 Å². The number of piperazine rings is 1. The van der Waals surface area contributed by atoms with E-state index in [-0.39, 0.29) is 30.8 Å². The second-order valence-corrected chi connectivity index (χ2v) is 8.91. The summed E-state index contributed by atoms with van der Waals surface area (Å²) >= 11 is 1.33. The predicted molar refractivity (Wildman–Crippen MR) is 122 cm³/mol. The highest BCUT2D eigenvalue weighted by atomic mass is 32.1. The van der Waals surface area contributed by atoms with Gasteiger partial charge in [0, 0.05) is 25.2 Å². The normalized spacial score (nSPS) is 20.7. The summed E-state index contributed by atoms with van der Waals surface area (Å²) in [7, 11) is 1.54. The summed E-state index contributed by atoms with van der Waals surface area (Å²) in [4.78, 5) is 55.3. The zero-order valence-corrected chi connectivity index (χ0v) is 19.1.